The molecule has 2 unspecified atom stereocenters. The van der Waals surface area contributed by atoms with Crippen molar-refractivity contribution < 1.29 is 14.7 Å². The third-order valence-electron chi connectivity index (χ3n) is 3.86. The Morgan fingerprint density at radius 1 is 1.24 bits per heavy atom. The van der Waals surface area contributed by atoms with Gasteiger partial charge in [-0.3, -0.25) is 0 Å². The Hall–Kier alpha value is -2.04. The van der Waals surface area contributed by atoms with Gasteiger partial charge in [-0.15, -0.1) is 0 Å². The fourth-order valence-corrected chi connectivity index (χ4v) is 2.33. The Morgan fingerprint density at radius 3 is 2.48 bits per heavy atom. The molecule has 0 bridgehead atoms. The van der Waals surface area contributed by atoms with E-state index in [9.17, 15) is 14.7 Å². The maximum absolute atomic E-state index is 11.8. The molecule has 2 rings (SSSR count). The van der Waals surface area contributed by atoms with Crippen molar-refractivity contribution in [1.29, 1.82) is 0 Å². The number of carbonyl (C=O) groups excluding carboxylic acids is 1. The van der Waals surface area contributed by atoms with Crippen LogP contribution in [0.2, 0.25) is 0 Å². The maximum Gasteiger partial charge on any atom is 0.326 e. The summed E-state index contributed by atoms with van der Waals surface area (Å²) in [7, 11) is 0. The minimum absolute atomic E-state index is 0.105. The number of rotatable bonds is 7. The highest BCUT2D eigenvalue weighted by atomic mass is 16.4. The van der Waals surface area contributed by atoms with Gasteiger partial charge in [-0.05, 0) is 44.1 Å². The van der Waals surface area contributed by atoms with Gasteiger partial charge >= 0.3 is 12.0 Å². The Morgan fingerprint density at radius 2 is 1.90 bits per heavy atom. The molecule has 3 N–H and O–H groups in total. The zero-order valence-corrected chi connectivity index (χ0v) is 12.2. The minimum Gasteiger partial charge on any atom is -0.480 e. The lowest BCUT2D eigenvalue weighted by Gasteiger charge is -2.18. The summed E-state index contributed by atoms with van der Waals surface area (Å²) in [6.07, 6.45) is 3.27. The zero-order valence-electron chi connectivity index (χ0n) is 12.2. The van der Waals surface area contributed by atoms with Crippen LogP contribution in [0.4, 0.5) is 4.79 Å². The molecular formula is C16H22N2O3. The van der Waals surface area contributed by atoms with Gasteiger partial charge in [0.05, 0.1) is 0 Å². The molecule has 0 spiro atoms. The van der Waals surface area contributed by atoms with E-state index in [-0.39, 0.29) is 6.04 Å². The van der Waals surface area contributed by atoms with Crippen molar-refractivity contribution in [1.82, 2.24) is 10.6 Å². The second-order valence-electron chi connectivity index (χ2n) is 5.66. The lowest BCUT2D eigenvalue weighted by molar-refractivity contribution is -0.139. The summed E-state index contributed by atoms with van der Waals surface area (Å²) < 4.78 is 0. The maximum atomic E-state index is 11.8. The number of carboxylic acid groups (broad SMARTS) is 1. The van der Waals surface area contributed by atoms with Gasteiger partial charge in [-0.25, -0.2) is 9.59 Å². The number of aryl methyl sites for hydroxylation is 1. The predicted molar refractivity (Wildman–Crippen MR) is 80.0 cm³/mol. The molecule has 0 aliphatic heterocycles. The number of hydrogen-bond acceptors (Lipinski definition) is 2. The molecule has 2 atom stereocenters. The van der Waals surface area contributed by atoms with Crippen LogP contribution in [0.5, 0.6) is 0 Å². The Labute approximate surface area is 124 Å². The van der Waals surface area contributed by atoms with E-state index in [1.165, 1.54) is 0 Å². The Bertz CT molecular complexity index is 486. The molecule has 1 saturated carbocycles. The summed E-state index contributed by atoms with van der Waals surface area (Å²) in [5.74, 6) is -0.455. The summed E-state index contributed by atoms with van der Waals surface area (Å²) in [5.41, 5.74) is 1.07. The van der Waals surface area contributed by atoms with Crippen molar-refractivity contribution in [3.05, 3.63) is 35.9 Å². The third kappa shape index (κ3) is 5.10. The molecule has 0 saturated heterocycles. The van der Waals surface area contributed by atoms with E-state index < -0.39 is 18.0 Å². The van der Waals surface area contributed by atoms with E-state index in [2.05, 4.69) is 10.6 Å². The first-order valence-corrected chi connectivity index (χ1v) is 7.40. The lowest BCUT2D eigenvalue weighted by atomic mass is 10.1. The highest BCUT2D eigenvalue weighted by Crippen LogP contribution is 2.32. The van der Waals surface area contributed by atoms with Gasteiger partial charge in [0.1, 0.15) is 6.04 Å². The lowest BCUT2D eigenvalue weighted by Crippen LogP contribution is -2.49. The number of amides is 2. The van der Waals surface area contributed by atoms with Crippen LogP contribution in [0.15, 0.2) is 30.3 Å². The fraction of sp³-hybridized carbons (Fsp3) is 0.500. The van der Waals surface area contributed by atoms with Crippen molar-refractivity contribution in [3.8, 4) is 0 Å². The SMILES string of the molecule is CC(NC(=O)NC(CCc1ccccc1)C(=O)O)C1CC1. The summed E-state index contributed by atoms with van der Waals surface area (Å²) in [6, 6.07) is 8.51. The van der Waals surface area contributed by atoms with Gasteiger partial charge in [0.2, 0.25) is 0 Å². The van der Waals surface area contributed by atoms with E-state index >= 15 is 0 Å². The number of aliphatic carboxylic acids is 1. The van der Waals surface area contributed by atoms with Gasteiger partial charge in [0.15, 0.2) is 0 Å². The average Bonchev–Trinajstić information content (AvgIpc) is 3.28. The van der Waals surface area contributed by atoms with Crippen molar-refractivity contribution in [2.24, 2.45) is 5.92 Å². The summed E-state index contributed by atoms with van der Waals surface area (Å²) in [6.45, 7) is 1.96. The van der Waals surface area contributed by atoms with Crippen LogP contribution in [0.25, 0.3) is 0 Å². The number of carboxylic acids is 1. The predicted octanol–water partition coefficient (Wildman–Crippen LogP) is 2.17. The highest BCUT2D eigenvalue weighted by molar-refractivity contribution is 5.82. The van der Waals surface area contributed by atoms with E-state index in [0.717, 1.165) is 18.4 Å². The van der Waals surface area contributed by atoms with Crippen LogP contribution in [0, 0.1) is 5.92 Å². The molecule has 0 aromatic heterocycles. The van der Waals surface area contributed by atoms with Gasteiger partial charge in [-0.1, -0.05) is 30.3 Å². The quantitative estimate of drug-likeness (QED) is 0.720. The number of hydrogen-bond donors (Lipinski definition) is 3. The van der Waals surface area contributed by atoms with Crippen LogP contribution in [-0.4, -0.2) is 29.2 Å². The van der Waals surface area contributed by atoms with Crippen molar-refractivity contribution in [2.75, 3.05) is 0 Å². The minimum atomic E-state index is -1.000. The van der Waals surface area contributed by atoms with Gasteiger partial charge in [0, 0.05) is 6.04 Å². The van der Waals surface area contributed by atoms with Gasteiger partial charge in [-0.2, -0.15) is 0 Å². The number of urea groups is 1. The zero-order chi connectivity index (χ0) is 15.2. The monoisotopic (exact) mass is 290 g/mol. The molecule has 114 valence electrons. The van der Waals surface area contributed by atoms with Gasteiger partial charge < -0.3 is 15.7 Å². The smallest absolute Gasteiger partial charge is 0.326 e. The van der Waals surface area contributed by atoms with Crippen molar-refractivity contribution in [3.63, 3.8) is 0 Å². The molecule has 21 heavy (non-hydrogen) atoms. The van der Waals surface area contributed by atoms with E-state index in [1.807, 2.05) is 37.3 Å². The first-order chi connectivity index (χ1) is 10.1. The topological polar surface area (TPSA) is 78.4 Å². The standard InChI is InChI=1S/C16H22N2O3/c1-11(13-8-9-13)17-16(21)18-14(15(19)20)10-7-12-5-3-2-4-6-12/h2-6,11,13-14H,7-10H2,1H3,(H,19,20)(H2,17,18,21). The second kappa shape index (κ2) is 7.11. The van der Waals surface area contributed by atoms with E-state index in [1.54, 1.807) is 0 Å². The molecule has 0 heterocycles. The first-order valence-electron chi connectivity index (χ1n) is 7.40. The average molecular weight is 290 g/mol. The van der Waals surface area contributed by atoms with E-state index in [4.69, 9.17) is 0 Å². The van der Waals surface area contributed by atoms with Crippen LogP contribution in [0.3, 0.4) is 0 Å². The summed E-state index contributed by atoms with van der Waals surface area (Å²) >= 11 is 0. The molecule has 1 fully saturated rings. The first kappa shape index (κ1) is 15.4. The highest BCUT2D eigenvalue weighted by Gasteiger charge is 2.29. The van der Waals surface area contributed by atoms with Crippen LogP contribution < -0.4 is 10.6 Å². The number of benzene rings is 1. The molecular weight excluding hydrogens is 268 g/mol. The normalized spacial score (nSPS) is 16.8. The number of carbonyl (C=O) groups is 2. The van der Waals surface area contributed by atoms with E-state index in [0.29, 0.717) is 18.8 Å². The molecule has 0 radical (unpaired) electrons. The Kier molecular flexibility index (Phi) is 5.20. The Balaban J connectivity index is 1.80. The molecule has 5 nitrogen and oxygen atoms in total. The largest absolute Gasteiger partial charge is 0.480 e. The van der Waals surface area contributed by atoms with Crippen LogP contribution in [-0.2, 0) is 11.2 Å². The fourth-order valence-electron chi connectivity index (χ4n) is 2.33. The molecule has 1 aromatic carbocycles. The second-order valence-corrected chi connectivity index (χ2v) is 5.66. The summed E-state index contributed by atoms with van der Waals surface area (Å²) in [4.78, 5) is 23.1. The third-order valence-corrected chi connectivity index (χ3v) is 3.86. The van der Waals surface area contributed by atoms with Crippen molar-refractivity contribution in [2.45, 2.75) is 44.7 Å². The van der Waals surface area contributed by atoms with Crippen LogP contribution >= 0.6 is 0 Å². The summed E-state index contributed by atoms with van der Waals surface area (Å²) in [5, 5.41) is 14.6. The molecule has 1 aromatic rings. The molecule has 1 aliphatic carbocycles. The number of nitrogens with one attached hydrogen (secondary N) is 2. The molecule has 5 heteroatoms. The molecule has 2 amide bonds. The van der Waals surface area contributed by atoms with Crippen molar-refractivity contribution >= 4 is 12.0 Å². The van der Waals surface area contributed by atoms with Crippen LogP contribution in [0.1, 0.15) is 31.7 Å². The van der Waals surface area contributed by atoms with Gasteiger partial charge in [0.25, 0.3) is 0 Å². The molecule has 1 aliphatic rings.